The monoisotopic (exact) mass is 399 g/mol. The number of hydrogen-bond donors (Lipinski definition) is 2. The van der Waals surface area contributed by atoms with Crippen molar-refractivity contribution < 1.29 is 0 Å². The number of likely N-dealkylation sites (tertiary alicyclic amines) is 1. The van der Waals surface area contributed by atoms with Gasteiger partial charge in [0, 0.05) is 26.2 Å². The van der Waals surface area contributed by atoms with Gasteiger partial charge in [-0.25, -0.2) is 4.79 Å². The summed E-state index contributed by atoms with van der Waals surface area (Å²) in [7, 11) is 0. The van der Waals surface area contributed by atoms with Crippen molar-refractivity contribution in [1.82, 2.24) is 14.5 Å². The summed E-state index contributed by atoms with van der Waals surface area (Å²) >= 11 is 0. The van der Waals surface area contributed by atoms with E-state index in [1.165, 1.54) is 23.8 Å². The molecule has 2 heterocycles. The van der Waals surface area contributed by atoms with Gasteiger partial charge >= 0.3 is 5.69 Å². The molecule has 0 spiro atoms. The van der Waals surface area contributed by atoms with Crippen molar-refractivity contribution in [2.75, 3.05) is 36.8 Å². The molecule has 1 fully saturated rings. The van der Waals surface area contributed by atoms with E-state index in [4.69, 9.17) is 5.73 Å². The Kier molecular flexibility index (Phi) is 7.52. The molecule has 0 unspecified atom stereocenters. The summed E-state index contributed by atoms with van der Waals surface area (Å²) in [6, 6.07) is 10.1. The number of nitrogens with two attached hydrogens (primary N) is 1. The van der Waals surface area contributed by atoms with E-state index in [2.05, 4.69) is 16.8 Å². The fraction of sp³-hybridized carbons (Fsp3) is 0.545. The molecule has 158 valence electrons. The lowest BCUT2D eigenvalue weighted by Crippen LogP contribution is -2.42. The average Bonchev–Trinajstić information content (AvgIpc) is 2.73. The molecule has 7 heteroatoms. The molecule has 1 aliphatic rings. The minimum absolute atomic E-state index is 0.266. The van der Waals surface area contributed by atoms with Crippen molar-refractivity contribution in [2.24, 2.45) is 0 Å². The van der Waals surface area contributed by atoms with Gasteiger partial charge in [0.15, 0.2) is 0 Å². The van der Waals surface area contributed by atoms with E-state index >= 15 is 0 Å². The van der Waals surface area contributed by atoms with Crippen LogP contribution in [0, 0.1) is 0 Å². The zero-order chi connectivity index (χ0) is 20.6. The molecule has 1 aromatic carbocycles. The van der Waals surface area contributed by atoms with Crippen LogP contribution in [-0.2, 0) is 13.1 Å². The minimum atomic E-state index is -0.430. The van der Waals surface area contributed by atoms with Crippen molar-refractivity contribution in [3.63, 3.8) is 0 Å². The molecule has 0 saturated carbocycles. The molecule has 1 aromatic heterocycles. The quantitative estimate of drug-likeness (QED) is 0.676. The zero-order valence-electron chi connectivity index (χ0n) is 17.4. The Labute approximate surface area is 172 Å². The number of anilines is 2. The molecule has 2 aromatic rings. The second-order valence-corrected chi connectivity index (χ2v) is 7.81. The second-order valence-electron chi connectivity index (χ2n) is 7.81. The lowest BCUT2D eigenvalue weighted by Gasteiger charge is -2.31. The van der Waals surface area contributed by atoms with Crippen LogP contribution in [0.15, 0.2) is 39.9 Å². The van der Waals surface area contributed by atoms with E-state index in [0.717, 1.165) is 38.0 Å². The molecular weight excluding hydrogens is 366 g/mol. The molecule has 0 aliphatic carbocycles. The Morgan fingerprint density at radius 2 is 1.79 bits per heavy atom. The topological polar surface area (TPSA) is 87.4 Å². The first kappa shape index (κ1) is 21.2. The number of rotatable bonds is 9. The van der Waals surface area contributed by atoms with Crippen LogP contribution in [0.25, 0.3) is 0 Å². The fourth-order valence-corrected chi connectivity index (χ4v) is 3.94. The summed E-state index contributed by atoms with van der Waals surface area (Å²) in [5.41, 5.74) is 7.05. The summed E-state index contributed by atoms with van der Waals surface area (Å²) in [6.45, 7) is 6.91. The maximum absolute atomic E-state index is 12.8. The third kappa shape index (κ3) is 5.50. The van der Waals surface area contributed by atoms with Crippen LogP contribution in [-0.4, -0.2) is 40.6 Å². The summed E-state index contributed by atoms with van der Waals surface area (Å²) in [5.74, 6) is 0.266. The first-order valence-electron chi connectivity index (χ1n) is 10.7. The van der Waals surface area contributed by atoms with Crippen LogP contribution in [0.5, 0.6) is 0 Å². The smallest absolute Gasteiger partial charge is 0.330 e. The van der Waals surface area contributed by atoms with Gasteiger partial charge in [-0.1, -0.05) is 50.1 Å². The Morgan fingerprint density at radius 3 is 2.48 bits per heavy atom. The van der Waals surface area contributed by atoms with Crippen molar-refractivity contribution in [3.05, 3.63) is 56.7 Å². The average molecular weight is 400 g/mol. The highest BCUT2D eigenvalue weighted by Crippen LogP contribution is 2.20. The lowest BCUT2D eigenvalue weighted by atomic mass is 10.1. The van der Waals surface area contributed by atoms with Crippen LogP contribution in [0.1, 0.15) is 44.6 Å². The van der Waals surface area contributed by atoms with Crippen molar-refractivity contribution in [2.45, 2.75) is 52.1 Å². The van der Waals surface area contributed by atoms with Gasteiger partial charge < -0.3 is 15.5 Å². The number of piperidine rings is 1. The SMILES string of the molecule is CCCCn1c(N)c(N(CCN2CCCCC2)Cc2ccccc2)c(=O)[nH]c1=O. The Balaban J connectivity index is 1.91. The number of aromatic amines is 1. The van der Waals surface area contributed by atoms with E-state index in [0.29, 0.717) is 25.3 Å². The molecule has 1 aliphatic heterocycles. The molecule has 1 saturated heterocycles. The van der Waals surface area contributed by atoms with E-state index in [9.17, 15) is 9.59 Å². The van der Waals surface area contributed by atoms with Crippen molar-refractivity contribution in [3.8, 4) is 0 Å². The maximum Gasteiger partial charge on any atom is 0.330 e. The Bertz CT molecular complexity index is 884. The van der Waals surface area contributed by atoms with Gasteiger partial charge in [-0.05, 0) is 37.9 Å². The third-order valence-corrected chi connectivity index (χ3v) is 5.62. The normalized spacial score (nSPS) is 14.8. The molecule has 0 bridgehead atoms. The first-order valence-corrected chi connectivity index (χ1v) is 10.7. The zero-order valence-corrected chi connectivity index (χ0v) is 17.4. The summed E-state index contributed by atoms with van der Waals surface area (Å²) in [6.07, 6.45) is 5.52. The van der Waals surface area contributed by atoms with Gasteiger partial charge in [0.2, 0.25) is 0 Å². The van der Waals surface area contributed by atoms with Crippen LogP contribution in [0.3, 0.4) is 0 Å². The van der Waals surface area contributed by atoms with Crippen molar-refractivity contribution >= 4 is 11.5 Å². The minimum Gasteiger partial charge on any atom is -0.383 e. The van der Waals surface area contributed by atoms with E-state index < -0.39 is 11.2 Å². The highest BCUT2D eigenvalue weighted by atomic mass is 16.2. The summed E-state index contributed by atoms with van der Waals surface area (Å²) in [5, 5.41) is 0. The first-order chi connectivity index (χ1) is 14.1. The number of H-pyrrole nitrogens is 1. The Hall–Kier alpha value is -2.54. The molecule has 3 N–H and O–H groups in total. The summed E-state index contributed by atoms with van der Waals surface area (Å²) in [4.78, 5) is 32.0. The maximum atomic E-state index is 12.8. The molecule has 3 rings (SSSR count). The number of nitrogens with one attached hydrogen (secondary N) is 1. The largest absolute Gasteiger partial charge is 0.383 e. The van der Waals surface area contributed by atoms with Gasteiger partial charge in [-0.15, -0.1) is 0 Å². The number of nitrogens with zero attached hydrogens (tertiary/aromatic N) is 3. The van der Waals surface area contributed by atoms with E-state index in [1.807, 2.05) is 35.2 Å². The molecule has 29 heavy (non-hydrogen) atoms. The Morgan fingerprint density at radius 1 is 1.07 bits per heavy atom. The van der Waals surface area contributed by atoms with E-state index in [1.54, 1.807) is 0 Å². The molecular formula is C22H33N5O2. The number of aromatic nitrogens is 2. The standard InChI is InChI=1S/C22H33N5O2/c1-2-3-14-27-20(23)19(21(28)24-22(27)29)26(17-18-10-6-4-7-11-18)16-15-25-12-8-5-9-13-25/h4,6-7,10-11H,2-3,5,8-9,12-17,23H2,1H3,(H,24,28,29). The van der Waals surface area contributed by atoms with Gasteiger partial charge in [0.05, 0.1) is 0 Å². The van der Waals surface area contributed by atoms with Crippen LogP contribution >= 0.6 is 0 Å². The number of benzene rings is 1. The van der Waals surface area contributed by atoms with Crippen molar-refractivity contribution in [1.29, 1.82) is 0 Å². The number of unbranched alkanes of at least 4 members (excludes halogenated alkanes) is 1. The highest BCUT2D eigenvalue weighted by molar-refractivity contribution is 5.62. The summed E-state index contributed by atoms with van der Waals surface area (Å²) < 4.78 is 1.50. The predicted molar refractivity (Wildman–Crippen MR) is 118 cm³/mol. The highest BCUT2D eigenvalue weighted by Gasteiger charge is 2.20. The predicted octanol–water partition coefficient (Wildman–Crippen LogP) is 2.41. The van der Waals surface area contributed by atoms with Crippen LogP contribution in [0.4, 0.5) is 11.5 Å². The molecule has 7 nitrogen and oxygen atoms in total. The van der Waals surface area contributed by atoms with E-state index in [-0.39, 0.29) is 5.82 Å². The van der Waals surface area contributed by atoms with Gasteiger partial charge in [-0.3, -0.25) is 14.3 Å². The van der Waals surface area contributed by atoms with Crippen LogP contribution < -0.4 is 21.9 Å². The number of nitrogen functional groups attached to an aromatic ring is 1. The third-order valence-electron chi connectivity index (χ3n) is 5.62. The van der Waals surface area contributed by atoms with Gasteiger partial charge in [0.1, 0.15) is 11.5 Å². The molecule has 0 amide bonds. The number of hydrogen-bond acceptors (Lipinski definition) is 5. The van der Waals surface area contributed by atoms with Crippen LogP contribution in [0.2, 0.25) is 0 Å². The molecule has 0 radical (unpaired) electrons. The van der Waals surface area contributed by atoms with Gasteiger partial charge in [-0.2, -0.15) is 0 Å². The second kappa shape index (κ2) is 10.3. The molecule has 0 atom stereocenters. The fourth-order valence-electron chi connectivity index (χ4n) is 3.94. The van der Waals surface area contributed by atoms with Gasteiger partial charge in [0.25, 0.3) is 5.56 Å². The lowest BCUT2D eigenvalue weighted by molar-refractivity contribution is 0.233.